The molecule has 134 valence electrons. The van der Waals surface area contributed by atoms with Crippen molar-refractivity contribution >= 4 is 17.5 Å². The van der Waals surface area contributed by atoms with Gasteiger partial charge in [0.25, 0.3) is 5.91 Å². The summed E-state index contributed by atoms with van der Waals surface area (Å²) in [7, 11) is 1.55. The normalized spacial score (nSPS) is 18.1. The SMILES string of the molecule is COC(C(=O)NCCc1ccccc1Cl)[C@H](N)CC1CCCCC1. The van der Waals surface area contributed by atoms with Crippen LogP contribution in [-0.4, -0.2) is 31.7 Å². The van der Waals surface area contributed by atoms with E-state index >= 15 is 0 Å². The molecule has 0 aliphatic heterocycles. The first-order chi connectivity index (χ1) is 11.6. The van der Waals surface area contributed by atoms with Crippen LogP contribution < -0.4 is 11.1 Å². The summed E-state index contributed by atoms with van der Waals surface area (Å²) in [5, 5.41) is 3.65. The average Bonchev–Trinajstić information content (AvgIpc) is 2.58. The Bertz CT molecular complexity index is 518. The van der Waals surface area contributed by atoms with E-state index in [0.29, 0.717) is 18.9 Å². The van der Waals surface area contributed by atoms with Crippen LogP contribution in [0.15, 0.2) is 24.3 Å². The summed E-state index contributed by atoms with van der Waals surface area (Å²) < 4.78 is 5.38. The molecule has 1 amide bonds. The third kappa shape index (κ3) is 5.76. The van der Waals surface area contributed by atoms with Gasteiger partial charge >= 0.3 is 0 Å². The second-order valence-corrected chi connectivity index (χ2v) is 7.10. The monoisotopic (exact) mass is 352 g/mol. The molecule has 0 spiro atoms. The van der Waals surface area contributed by atoms with Crippen molar-refractivity contribution in [2.45, 2.75) is 57.1 Å². The highest BCUT2D eigenvalue weighted by molar-refractivity contribution is 6.31. The highest BCUT2D eigenvalue weighted by Gasteiger charge is 2.28. The van der Waals surface area contributed by atoms with E-state index in [1.54, 1.807) is 7.11 Å². The van der Waals surface area contributed by atoms with Gasteiger partial charge in [-0.3, -0.25) is 4.79 Å². The van der Waals surface area contributed by atoms with Gasteiger partial charge in [-0.05, 0) is 30.4 Å². The molecule has 1 fully saturated rings. The molecule has 1 aromatic carbocycles. The minimum Gasteiger partial charge on any atom is -0.370 e. The molecule has 0 aromatic heterocycles. The molecule has 2 atom stereocenters. The minimum absolute atomic E-state index is 0.132. The largest absolute Gasteiger partial charge is 0.370 e. The predicted molar refractivity (Wildman–Crippen MR) is 98.1 cm³/mol. The van der Waals surface area contributed by atoms with Crippen LogP contribution in [0.5, 0.6) is 0 Å². The number of hydrogen-bond donors (Lipinski definition) is 2. The summed E-state index contributed by atoms with van der Waals surface area (Å²) in [6.45, 7) is 0.526. The molecule has 0 heterocycles. The van der Waals surface area contributed by atoms with Gasteiger partial charge in [-0.25, -0.2) is 0 Å². The Morgan fingerprint density at radius 3 is 2.71 bits per heavy atom. The van der Waals surface area contributed by atoms with Crippen molar-refractivity contribution in [3.05, 3.63) is 34.9 Å². The fourth-order valence-electron chi connectivity index (χ4n) is 3.53. The molecule has 2 rings (SSSR count). The molecule has 5 heteroatoms. The van der Waals surface area contributed by atoms with Crippen LogP contribution in [0.3, 0.4) is 0 Å². The Kier molecular flexibility index (Phi) is 8.03. The quantitative estimate of drug-likeness (QED) is 0.754. The number of benzene rings is 1. The number of nitrogens with two attached hydrogens (primary N) is 1. The number of rotatable bonds is 8. The van der Waals surface area contributed by atoms with Gasteiger partial charge in [0, 0.05) is 24.7 Å². The first-order valence-electron chi connectivity index (χ1n) is 8.91. The van der Waals surface area contributed by atoms with Crippen LogP contribution in [0, 0.1) is 5.92 Å². The number of nitrogens with one attached hydrogen (secondary N) is 1. The lowest BCUT2D eigenvalue weighted by Gasteiger charge is -2.28. The van der Waals surface area contributed by atoms with E-state index in [4.69, 9.17) is 22.1 Å². The van der Waals surface area contributed by atoms with E-state index in [9.17, 15) is 4.79 Å². The van der Waals surface area contributed by atoms with Gasteiger partial charge in [-0.15, -0.1) is 0 Å². The first kappa shape index (κ1) is 19.2. The predicted octanol–water partition coefficient (Wildman–Crippen LogP) is 3.31. The molecule has 24 heavy (non-hydrogen) atoms. The average molecular weight is 353 g/mol. The van der Waals surface area contributed by atoms with Crippen molar-refractivity contribution < 1.29 is 9.53 Å². The van der Waals surface area contributed by atoms with Crippen molar-refractivity contribution in [3.63, 3.8) is 0 Å². The number of hydrogen-bond acceptors (Lipinski definition) is 3. The molecular formula is C19H29ClN2O2. The second-order valence-electron chi connectivity index (χ2n) is 6.69. The highest BCUT2D eigenvalue weighted by Crippen LogP contribution is 2.27. The lowest BCUT2D eigenvalue weighted by molar-refractivity contribution is -0.132. The molecule has 0 radical (unpaired) electrons. The van der Waals surface area contributed by atoms with Crippen molar-refractivity contribution in [2.24, 2.45) is 11.7 Å². The maximum atomic E-state index is 12.4. The van der Waals surface area contributed by atoms with E-state index in [1.807, 2.05) is 24.3 Å². The van der Waals surface area contributed by atoms with Crippen molar-refractivity contribution in [1.29, 1.82) is 0 Å². The third-order valence-corrected chi connectivity index (χ3v) is 5.25. The molecule has 4 nitrogen and oxygen atoms in total. The molecule has 1 aromatic rings. The maximum Gasteiger partial charge on any atom is 0.250 e. The van der Waals surface area contributed by atoms with E-state index in [2.05, 4.69) is 5.32 Å². The van der Waals surface area contributed by atoms with E-state index < -0.39 is 6.10 Å². The number of ether oxygens (including phenoxy) is 1. The Labute approximate surface area is 150 Å². The molecule has 0 bridgehead atoms. The number of carbonyl (C=O) groups excluding carboxylic acids is 1. The summed E-state index contributed by atoms with van der Waals surface area (Å²) in [5.41, 5.74) is 7.29. The molecular weight excluding hydrogens is 324 g/mol. The van der Waals surface area contributed by atoms with Gasteiger partial charge in [-0.2, -0.15) is 0 Å². The first-order valence-corrected chi connectivity index (χ1v) is 9.29. The Balaban J connectivity index is 1.78. The zero-order valence-corrected chi connectivity index (χ0v) is 15.2. The van der Waals surface area contributed by atoms with Crippen molar-refractivity contribution in [2.75, 3.05) is 13.7 Å². The fraction of sp³-hybridized carbons (Fsp3) is 0.632. The van der Waals surface area contributed by atoms with Gasteiger partial charge in [0.05, 0.1) is 0 Å². The molecule has 1 aliphatic rings. The van der Waals surface area contributed by atoms with Gasteiger partial charge in [0.15, 0.2) is 6.10 Å². The molecule has 0 saturated heterocycles. The Morgan fingerprint density at radius 1 is 1.33 bits per heavy atom. The smallest absolute Gasteiger partial charge is 0.250 e. The summed E-state index contributed by atoms with van der Waals surface area (Å²) in [6, 6.07) is 7.42. The summed E-state index contributed by atoms with van der Waals surface area (Å²) >= 11 is 6.13. The number of amides is 1. The van der Waals surface area contributed by atoms with Crippen LogP contribution in [0.2, 0.25) is 5.02 Å². The van der Waals surface area contributed by atoms with Gasteiger partial charge in [0.1, 0.15) is 0 Å². The van der Waals surface area contributed by atoms with Gasteiger partial charge in [-0.1, -0.05) is 61.9 Å². The fourth-order valence-corrected chi connectivity index (χ4v) is 3.76. The molecule has 1 unspecified atom stereocenters. The van der Waals surface area contributed by atoms with Crippen LogP contribution in [0.25, 0.3) is 0 Å². The van der Waals surface area contributed by atoms with Crippen molar-refractivity contribution in [1.82, 2.24) is 5.32 Å². The number of halogens is 1. The lowest BCUT2D eigenvalue weighted by Crippen LogP contribution is -2.48. The highest BCUT2D eigenvalue weighted by atomic mass is 35.5. The van der Waals surface area contributed by atoms with E-state index in [0.717, 1.165) is 17.0 Å². The number of methoxy groups -OCH3 is 1. The zero-order valence-electron chi connectivity index (χ0n) is 14.5. The van der Waals surface area contributed by atoms with Crippen LogP contribution in [-0.2, 0) is 16.0 Å². The van der Waals surface area contributed by atoms with Crippen LogP contribution >= 0.6 is 11.6 Å². The molecule has 1 aliphatic carbocycles. The number of carbonyl (C=O) groups is 1. The van der Waals surface area contributed by atoms with Crippen LogP contribution in [0.1, 0.15) is 44.1 Å². The molecule has 3 N–H and O–H groups in total. The van der Waals surface area contributed by atoms with Gasteiger partial charge < -0.3 is 15.8 Å². The third-order valence-electron chi connectivity index (χ3n) is 4.88. The summed E-state index contributed by atoms with van der Waals surface area (Å²) in [6.07, 6.45) is 7.28. The van der Waals surface area contributed by atoms with E-state index in [-0.39, 0.29) is 11.9 Å². The lowest BCUT2D eigenvalue weighted by atomic mass is 9.84. The second kappa shape index (κ2) is 10.0. The van der Waals surface area contributed by atoms with Crippen molar-refractivity contribution in [3.8, 4) is 0 Å². The maximum absolute atomic E-state index is 12.4. The Hall–Kier alpha value is -1.10. The minimum atomic E-state index is -0.585. The van der Waals surface area contributed by atoms with Gasteiger partial charge in [0.2, 0.25) is 0 Å². The standard InChI is InChI=1S/C19H29ClN2O2/c1-24-18(17(21)13-14-7-3-2-4-8-14)19(23)22-12-11-15-9-5-6-10-16(15)20/h5-6,9-10,14,17-18H,2-4,7-8,11-13,21H2,1H3,(H,22,23)/t17-,18?/m1/s1. The van der Waals surface area contributed by atoms with Crippen LogP contribution in [0.4, 0.5) is 0 Å². The zero-order chi connectivity index (χ0) is 17.4. The summed E-state index contributed by atoms with van der Waals surface area (Å²) in [4.78, 5) is 12.4. The summed E-state index contributed by atoms with van der Waals surface area (Å²) in [5.74, 6) is 0.496. The molecule has 1 saturated carbocycles. The van der Waals surface area contributed by atoms with E-state index in [1.165, 1.54) is 32.1 Å². The topological polar surface area (TPSA) is 64.3 Å². The Morgan fingerprint density at radius 2 is 2.04 bits per heavy atom.